The standard InChI is InChI=1S/C14H19NO5/c1-14(2,3)20-13(18)15-10-7-5-6-9(8-11(16)17)12(10)19-4/h5-7H,8H2,1-4H3,(H,15,18)(H,16,17). The van der Waals surface area contributed by atoms with Gasteiger partial charge in [0.25, 0.3) is 0 Å². The zero-order chi connectivity index (χ0) is 15.3. The molecule has 0 heterocycles. The van der Waals surface area contributed by atoms with Gasteiger partial charge in [-0.25, -0.2) is 4.79 Å². The molecule has 110 valence electrons. The monoisotopic (exact) mass is 281 g/mol. The number of methoxy groups -OCH3 is 1. The fourth-order valence-corrected chi connectivity index (χ4v) is 1.64. The molecule has 1 rings (SSSR count). The van der Waals surface area contributed by atoms with Crippen LogP contribution in [0.2, 0.25) is 0 Å². The molecule has 0 saturated heterocycles. The number of hydrogen-bond acceptors (Lipinski definition) is 4. The quantitative estimate of drug-likeness (QED) is 0.886. The predicted octanol–water partition coefficient (Wildman–Crippen LogP) is 2.67. The Bertz CT molecular complexity index is 505. The van der Waals surface area contributed by atoms with Crippen molar-refractivity contribution in [3.63, 3.8) is 0 Å². The summed E-state index contributed by atoms with van der Waals surface area (Å²) in [4.78, 5) is 22.5. The topological polar surface area (TPSA) is 84.9 Å². The molecule has 0 aliphatic carbocycles. The SMILES string of the molecule is COc1c(CC(=O)O)cccc1NC(=O)OC(C)(C)C. The van der Waals surface area contributed by atoms with Crippen LogP contribution in [0.3, 0.4) is 0 Å². The average molecular weight is 281 g/mol. The predicted molar refractivity (Wildman–Crippen MR) is 74.2 cm³/mol. The summed E-state index contributed by atoms with van der Waals surface area (Å²) in [5, 5.41) is 11.4. The zero-order valence-corrected chi connectivity index (χ0v) is 12.0. The molecular formula is C14H19NO5. The van der Waals surface area contributed by atoms with Crippen molar-refractivity contribution in [1.29, 1.82) is 0 Å². The Morgan fingerprint density at radius 1 is 1.30 bits per heavy atom. The molecule has 1 aromatic rings. The smallest absolute Gasteiger partial charge is 0.412 e. The molecule has 6 nitrogen and oxygen atoms in total. The highest BCUT2D eigenvalue weighted by Crippen LogP contribution is 2.29. The summed E-state index contributed by atoms with van der Waals surface area (Å²) in [5.74, 6) is -0.654. The van der Waals surface area contributed by atoms with E-state index in [1.54, 1.807) is 39.0 Å². The van der Waals surface area contributed by atoms with Gasteiger partial charge in [0.15, 0.2) is 0 Å². The summed E-state index contributed by atoms with van der Waals surface area (Å²) in [6.07, 6.45) is -0.809. The lowest BCUT2D eigenvalue weighted by molar-refractivity contribution is -0.136. The van der Waals surface area contributed by atoms with Crippen molar-refractivity contribution >= 4 is 17.7 Å². The van der Waals surface area contributed by atoms with Crippen LogP contribution in [0.1, 0.15) is 26.3 Å². The van der Waals surface area contributed by atoms with Crippen molar-refractivity contribution in [3.05, 3.63) is 23.8 Å². The van der Waals surface area contributed by atoms with Crippen molar-refractivity contribution < 1.29 is 24.2 Å². The van der Waals surface area contributed by atoms with E-state index in [4.69, 9.17) is 14.6 Å². The number of carboxylic acid groups (broad SMARTS) is 1. The van der Waals surface area contributed by atoms with Gasteiger partial charge >= 0.3 is 12.1 Å². The van der Waals surface area contributed by atoms with E-state index in [9.17, 15) is 9.59 Å². The molecule has 0 unspecified atom stereocenters. The molecule has 0 spiro atoms. The summed E-state index contributed by atoms with van der Waals surface area (Å²) in [7, 11) is 1.42. The molecule has 0 saturated carbocycles. The number of anilines is 1. The van der Waals surface area contributed by atoms with E-state index < -0.39 is 17.7 Å². The maximum atomic E-state index is 11.7. The Hall–Kier alpha value is -2.24. The van der Waals surface area contributed by atoms with E-state index in [1.807, 2.05) is 0 Å². The van der Waals surface area contributed by atoms with Gasteiger partial charge in [-0.1, -0.05) is 12.1 Å². The van der Waals surface area contributed by atoms with E-state index in [0.717, 1.165) is 0 Å². The van der Waals surface area contributed by atoms with Crippen LogP contribution in [0.5, 0.6) is 5.75 Å². The van der Waals surface area contributed by atoms with Gasteiger partial charge in [0, 0.05) is 5.56 Å². The van der Waals surface area contributed by atoms with Crippen LogP contribution < -0.4 is 10.1 Å². The molecule has 0 atom stereocenters. The van der Waals surface area contributed by atoms with Gasteiger partial charge in [0.1, 0.15) is 11.4 Å². The molecule has 0 aliphatic heterocycles. The van der Waals surface area contributed by atoms with Crippen LogP contribution in [0.15, 0.2) is 18.2 Å². The number of nitrogens with one attached hydrogen (secondary N) is 1. The molecule has 6 heteroatoms. The lowest BCUT2D eigenvalue weighted by Crippen LogP contribution is -2.27. The van der Waals surface area contributed by atoms with Crippen molar-refractivity contribution in [2.45, 2.75) is 32.8 Å². The number of hydrogen-bond donors (Lipinski definition) is 2. The van der Waals surface area contributed by atoms with Gasteiger partial charge in [0.2, 0.25) is 0 Å². The first-order valence-electron chi connectivity index (χ1n) is 6.10. The van der Waals surface area contributed by atoms with Gasteiger partial charge in [-0.3, -0.25) is 10.1 Å². The molecule has 0 aromatic heterocycles. The fourth-order valence-electron chi connectivity index (χ4n) is 1.64. The van der Waals surface area contributed by atoms with Crippen LogP contribution in [0.4, 0.5) is 10.5 Å². The van der Waals surface area contributed by atoms with Gasteiger partial charge in [-0.15, -0.1) is 0 Å². The third-order valence-electron chi connectivity index (χ3n) is 2.28. The Morgan fingerprint density at radius 2 is 1.95 bits per heavy atom. The van der Waals surface area contributed by atoms with E-state index in [2.05, 4.69) is 5.32 Å². The molecule has 0 radical (unpaired) electrons. The number of carboxylic acids is 1. The highest BCUT2D eigenvalue weighted by Gasteiger charge is 2.19. The van der Waals surface area contributed by atoms with Crippen molar-refractivity contribution in [3.8, 4) is 5.75 Å². The summed E-state index contributed by atoms with van der Waals surface area (Å²) in [5.41, 5.74) is 0.241. The minimum atomic E-state index is -0.974. The van der Waals surface area contributed by atoms with Crippen molar-refractivity contribution in [2.24, 2.45) is 0 Å². The second-order valence-electron chi connectivity index (χ2n) is 5.20. The maximum absolute atomic E-state index is 11.7. The Labute approximate surface area is 117 Å². The average Bonchev–Trinajstić information content (AvgIpc) is 2.25. The largest absolute Gasteiger partial charge is 0.494 e. The Kier molecular flexibility index (Phi) is 4.96. The number of rotatable bonds is 4. The highest BCUT2D eigenvalue weighted by atomic mass is 16.6. The van der Waals surface area contributed by atoms with Crippen LogP contribution in [0.25, 0.3) is 0 Å². The van der Waals surface area contributed by atoms with Crippen LogP contribution in [-0.4, -0.2) is 29.9 Å². The number of amides is 1. The zero-order valence-electron chi connectivity index (χ0n) is 12.0. The molecule has 1 amide bonds. The van der Waals surface area contributed by atoms with E-state index in [1.165, 1.54) is 7.11 Å². The molecule has 0 fully saturated rings. The summed E-state index contributed by atoms with van der Waals surface area (Å²) < 4.78 is 10.3. The van der Waals surface area contributed by atoms with Gasteiger partial charge < -0.3 is 14.6 Å². The first kappa shape index (κ1) is 15.8. The highest BCUT2D eigenvalue weighted by molar-refractivity contribution is 5.88. The van der Waals surface area contributed by atoms with Crippen molar-refractivity contribution in [2.75, 3.05) is 12.4 Å². The number of ether oxygens (including phenoxy) is 2. The lowest BCUT2D eigenvalue weighted by atomic mass is 10.1. The second kappa shape index (κ2) is 6.27. The summed E-state index contributed by atoms with van der Waals surface area (Å²) in [6.45, 7) is 5.26. The van der Waals surface area contributed by atoms with Gasteiger partial charge in [-0.05, 0) is 26.8 Å². The first-order valence-corrected chi connectivity index (χ1v) is 6.10. The minimum absolute atomic E-state index is 0.187. The number of aliphatic carboxylic acids is 1. The Balaban J connectivity index is 2.95. The number of para-hydroxylation sites is 1. The van der Waals surface area contributed by atoms with E-state index >= 15 is 0 Å². The number of carbonyl (C=O) groups excluding carboxylic acids is 1. The van der Waals surface area contributed by atoms with Crippen molar-refractivity contribution in [1.82, 2.24) is 0 Å². The van der Waals surface area contributed by atoms with Crippen LogP contribution >= 0.6 is 0 Å². The number of carbonyl (C=O) groups is 2. The number of benzene rings is 1. The first-order chi connectivity index (χ1) is 9.23. The fraction of sp³-hybridized carbons (Fsp3) is 0.429. The Morgan fingerprint density at radius 3 is 2.45 bits per heavy atom. The lowest BCUT2D eigenvalue weighted by Gasteiger charge is -2.20. The molecular weight excluding hydrogens is 262 g/mol. The molecule has 20 heavy (non-hydrogen) atoms. The third-order valence-corrected chi connectivity index (χ3v) is 2.28. The third kappa shape index (κ3) is 4.79. The molecule has 0 aliphatic rings. The van der Waals surface area contributed by atoms with Gasteiger partial charge in [-0.2, -0.15) is 0 Å². The van der Waals surface area contributed by atoms with Crippen LogP contribution in [-0.2, 0) is 16.0 Å². The molecule has 1 aromatic carbocycles. The summed E-state index contributed by atoms with van der Waals surface area (Å²) >= 11 is 0. The normalized spacial score (nSPS) is 10.8. The maximum Gasteiger partial charge on any atom is 0.412 e. The minimum Gasteiger partial charge on any atom is -0.494 e. The van der Waals surface area contributed by atoms with Gasteiger partial charge in [0.05, 0.1) is 19.2 Å². The van der Waals surface area contributed by atoms with E-state index in [-0.39, 0.29) is 6.42 Å². The summed E-state index contributed by atoms with van der Waals surface area (Å²) in [6, 6.07) is 4.90. The molecule has 0 bridgehead atoms. The second-order valence-corrected chi connectivity index (χ2v) is 5.20. The van der Waals surface area contributed by atoms with Crippen LogP contribution in [0, 0.1) is 0 Å². The van der Waals surface area contributed by atoms with E-state index in [0.29, 0.717) is 17.0 Å². The molecule has 2 N–H and O–H groups in total.